The summed E-state index contributed by atoms with van der Waals surface area (Å²) in [4.78, 5) is 11.3. The molecule has 0 atom stereocenters. The van der Waals surface area contributed by atoms with E-state index >= 15 is 0 Å². The molecule has 0 bridgehead atoms. The maximum absolute atomic E-state index is 13.3. The molecule has 4 nitrogen and oxygen atoms in total. The first-order valence-electron chi connectivity index (χ1n) is 8.12. The van der Waals surface area contributed by atoms with Gasteiger partial charge < -0.3 is 4.42 Å². The van der Waals surface area contributed by atoms with E-state index in [1.165, 1.54) is 25.0 Å². The van der Waals surface area contributed by atoms with E-state index in [9.17, 15) is 4.39 Å². The van der Waals surface area contributed by atoms with Crippen molar-refractivity contribution in [1.29, 1.82) is 0 Å². The molecule has 5 heteroatoms. The zero-order valence-corrected chi connectivity index (χ0v) is 13.2. The lowest BCUT2D eigenvalue weighted by molar-refractivity contribution is 0.239. The van der Waals surface area contributed by atoms with Crippen molar-refractivity contribution in [3.63, 3.8) is 0 Å². The van der Waals surface area contributed by atoms with Crippen molar-refractivity contribution in [2.24, 2.45) is 0 Å². The van der Waals surface area contributed by atoms with Gasteiger partial charge in [-0.2, -0.15) is 0 Å². The summed E-state index contributed by atoms with van der Waals surface area (Å²) in [6.07, 6.45) is 5.90. The minimum absolute atomic E-state index is 0.290. The number of rotatable bonds is 6. The Hall–Kier alpha value is -2.53. The van der Waals surface area contributed by atoms with Crippen molar-refractivity contribution in [2.75, 3.05) is 0 Å². The third kappa shape index (κ3) is 3.51. The van der Waals surface area contributed by atoms with Crippen molar-refractivity contribution in [2.45, 2.75) is 32.0 Å². The molecule has 0 amide bonds. The van der Waals surface area contributed by atoms with E-state index in [1.54, 1.807) is 18.4 Å². The highest BCUT2D eigenvalue weighted by atomic mass is 19.1. The maximum Gasteiger partial charge on any atom is 0.226 e. The second-order valence-corrected chi connectivity index (χ2v) is 6.11. The molecule has 1 aliphatic rings. The van der Waals surface area contributed by atoms with Crippen LogP contribution in [-0.2, 0) is 13.1 Å². The van der Waals surface area contributed by atoms with E-state index in [4.69, 9.17) is 4.42 Å². The first-order chi connectivity index (χ1) is 11.8. The molecule has 122 valence electrons. The van der Waals surface area contributed by atoms with Crippen LogP contribution in [0.15, 0.2) is 59.3 Å². The number of oxazole rings is 1. The summed E-state index contributed by atoms with van der Waals surface area (Å²) in [7, 11) is 0. The van der Waals surface area contributed by atoms with Gasteiger partial charge in [0.25, 0.3) is 0 Å². The van der Waals surface area contributed by atoms with E-state index in [2.05, 4.69) is 14.9 Å². The fraction of sp³-hybridized carbons (Fsp3) is 0.263. The van der Waals surface area contributed by atoms with Crippen LogP contribution in [-0.4, -0.2) is 20.9 Å². The third-order valence-electron chi connectivity index (χ3n) is 4.14. The summed E-state index contributed by atoms with van der Waals surface area (Å²) >= 11 is 0. The summed E-state index contributed by atoms with van der Waals surface area (Å²) in [5.74, 6) is 0.167. The Morgan fingerprint density at radius 3 is 2.71 bits per heavy atom. The molecule has 3 aromatic rings. The molecule has 0 N–H and O–H groups in total. The monoisotopic (exact) mass is 323 g/mol. The standard InChI is InChI=1S/C19H18FN3O/c20-15-5-3-4-14(10-15)19-22-17(13-24-19)12-23(18-7-8-18)11-16-6-1-2-9-21-16/h1-6,9-10,13,18H,7-8,11-12H2. The largest absolute Gasteiger partial charge is 0.444 e. The van der Waals surface area contributed by atoms with Crippen molar-refractivity contribution >= 4 is 0 Å². The number of halogens is 1. The average Bonchev–Trinajstić information content (AvgIpc) is 3.35. The molecule has 2 aromatic heterocycles. The van der Waals surface area contributed by atoms with Crippen LogP contribution in [0, 0.1) is 5.82 Å². The summed E-state index contributed by atoms with van der Waals surface area (Å²) in [5.41, 5.74) is 2.57. The topological polar surface area (TPSA) is 42.2 Å². The molecule has 1 saturated carbocycles. The second-order valence-electron chi connectivity index (χ2n) is 6.11. The molecule has 0 saturated heterocycles. The highest BCUT2D eigenvalue weighted by Gasteiger charge is 2.29. The SMILES string of the molecule is Fc1cccc(-c2nc(CN(Cc3ccccn3)C3CC3)co2)c1. The molecule has 0 radical (unpaired) electrons. The fourth-order valence-corrected chi connectivity index (χ4v) is 2.80. The van der Waals surface area contributed by atoms with Gasteiger partial charge in [0.15, 0.2) is 0 Å². The molecule has 0 unspecified atom stereocenters. The number of nitrogens with zero attached hydrogens (tertiary/aromatic N) is 3. The van der Waals surface area contributed by atoms with Gasteiger partial charge in [0, 0.05) is 30.9 Å². The summed E-state index contributed by atoms with van der Waals surface area (Å²) in [5, 5.41) is 0. The van der Waals surface area contributed by atoms with Crippen LogP contribution >= 0.6 is 0 Å². The van der Waals surface area contributed by atoms with Gasteiger partial charge in [0.05, 0.1) is 11.4 Å². The minimum atomic E-state index is -0.290. The number of hydrogen-bond acceptors (Lipinski definition) is 4. The Labute approximate surface area is 140 Å². The maximum atomic E-state index is 13.3. The van der Waals surface area contributed by atoms with Crippen molar-refractivity contribution in [3.8, 4) is 11.5 Å². The summed E-state index contributed by atoms with van der Waals surface area (Å²) in [6, 6.07) is 12.9. The molecule has 24 heavy (non-hydrogen) atoms. The van der Waals surface area contributed by atoms with E-state index in [-0.39, 0.29) is 5.82 Å². The highest BCUT2D eigenvalue weighted by molar-refractivity contribution is 5.52. The Kier molecular flexibility index (Phi) is 4.09. The van der Waals surface area contributed by atoms with Crippen LogP contribution in [0.4, 0.5) is 4.39 Å². The Bertz CT molecular complexity index is 814. The number of hydrogen-bond donors (Lipinski definition) is 0. The number of aromatic nitrogens is 2. The van der Waals surface area contributed by atoms with Crippen LogP contribution in [0.1, 0.15) is 24.2 Å². The molecule has 1 aliphatic carbocycles. The van der Waals surface area contributed by atoms with Gasteiger partial charge in [0.1, 0.15) is 12.1 Å². The Morgan fingerprint density at radius 1 is 1.08 bits per heavy atom. The van der Waals surface area contributed by atoms with Gasteiger partial charge in [0.2, 0.25) is 5.89 Å². The average molecular weight is 323 g/mol. The molecule has 2 heterocycles. The Morgan fingerprint density at radius 2 is 1.96 bits per heavy atom. The van der Waals surface area contributed by atoms with Crippen molar-refractivity contribution < 1.29 is 8.81 Å². The van der Waals surface area contributed by atoms with E-state index in [0.29, 0.717) is 24.0 Å². The molecule has 4 rings (SSSR count). The van der Waals surface area contributed by atoms with Crippen LogP contribution < -0.4 is 0 Å². The van der Waals surface area contributed by atoms with Gasteiger partial charge >= 0.3 is 0 Å². The lowest BCUT2D eigenvalue weighted by atomic mass is 10.2. The van der Waals surface area contributed by atoms with E-state index in [1.807, 2.05) is 24.4 Å². The lowest BCUT2D eigenvalue weighted by Gasteiger charge is -2.20. The quantitative estimate of drug-likeness (QED) is 0.686. The smallest absolute Gasteiger partial charge is 0.226 e. The van der Waals surface area contributed by atoms with Crippen molar-refractivity contribution in [3.05, 3.63) is 72.1 Å². The van der Waals surface area contributed by atoms with E-state index in [0.717, 1.165) is 17.9 Å². The van der Waals surface area contributed by atoms with E-state index < -0.39 is 0 Å². The summed E-state index contributed by atoms with van der Waals surface area (Å²) in [6.45, 7) is 1.51. The summed E-state index contributed by atoms with van der Waals surface area (Å²) < 4.78 is 18.9. The van der Waals surface area contributed by atoms with Crippen LogP contribution in [0.2, 0.25) is 0 Å². The second kappa shape index (κ2) is 6.53. The molecule has 1 fully saturated rings. The van der Waals surface area contributed by atoms with Gasteiger partial charge in [-0.25, -0.2) is 9.37 Å². The molecule has 0 spiro atoms. The molecule has 1 aromatic carbocycles. The third-order valence-corrected chi connectivity index (χ3v) is 4.14. The van der Waals surface area contributed by atoms with Crippen LogP contribution in [0.25, 0.3) is 11.5 Å². The van der Waals surface area contributed by atoms with Gasteiger partial charge in [-0.05, 0) is 43.2 Å². The zero-order chi connectivity index (χ0) is 16.4. The first kappa shape index (κ1) is 15.0. The predicted molar refractivity (Wildman–Crippen MR) is 88.4 cm³/mol. The number of pyridine rings is 1. The van der Waals surface area contributed by atoms with Gasteiger partial charge in [-0.1, -0.05) is 12.1 Å². The first-order valence-corrected chi connectivity index (χ1v) is 8.12. The molecular weight excluding hydrogens is 305 g/mol. The predicted octanol–water partition coefficient (Wildman–Crippen LogP) is 4.04. The highest BCUT2D eigenvalue weighted by Crippen LogP contribution is 2.30. The number of benzene rings is 1. The molecular formula is C19H18FN3O. The van der Waals surface area contributed by atoms with Gasteiger partial charge in [-0.15, -0.1) is 0 Å². The lowest BCUT2D eigenvalue weighted by Crippen LogP contribution is -2.25. The van der Waals surface area contributed by atoms with Gasteiger partial charge in [-0.3, -0.25) is 9.88 Å². The van der Waals surface area contributed by atoms with Crippen molar-refractivity contribution in [1.82, 2.24) is 14.9 Å². The fourth-order valence-electron chi connectivity index (χ4n) is 2.80. The normalized spacial score (nSPS) is 14.2. The zero-order valence-electron chi connectivity index (χ0n) is 13.2. The minimum Gasteiger partial charge on any atom is -0.444 e. The Balaban J connectivity index is 1.49. The molecule has 0 aliphatic heterocycles. The van der Waals surface area contributed by atoms with Crippen LogP contribution in [0.5, 0.6) is 0 Å². The van der Waals surface area contributed by atoms with Crippen LogP contribution in [0.3, 0.4) is 0 Å².